The maximum atomic E-state index is 13.0. The Kier molecular flexibility index (Phi) is 5.58. The van der Waals surface area contributed by atoms with E-state index in [-0.39, 0.29) is 11.4 Å². The van der Waals surface area contributed by atoms with E-state index in [1.807, 2.05) is 31.2 Å². The van der Waals surface area contributed by atoms with Gasteiger partial charge in [0.15, 0.2) is 5.69 Å². The van der Waals surface area contributed by atoms with Crippen LogP contribution in [0.1, 0.15) is 27.2 Å². The molecule has 1 amide bonds. The van der Waals surface area contributed by atoms with Crippen molar-refractivity contribution in [3.05, 3.63) is 83.0 Å². The Morgan fingerprint density at radius 2 is 1.68 bits per heavy atom. The summed E-state index contributed by atoms with van der Waals surface area (Å²) in [7, 11) is 0. The molecule has 0 aliphatic rings. The number of hydrogen-bond acceptors (Lipinski definition) is 4. The molecule has 0 radical (unpaired) electrons. The van der Waals surface area contributed by atoms with E-state index < -0.39 is 17.6 Å². The molecule has 5 nitrogen and oxygen atoms in total. The Balaban J connectivity index is 1.67. The molecule has 0 fully saturated rings. The lowest BCUT2D eigenvalue weighted by Crippen LogP contribution is -2.18. The van der Waals surface area contributed by atoms with Gasteiger partial charge in [0, 0.05) is 6.54 Å². The molecule has 0 bridgehead atoms. The standard InChI is InChI=1S/C20H17F3N4O/c1-13-6-2-3-7-14(13)12-24-18-11-10-17(26-27-18)19(28)25-16-9-5-4-8-15(16)20(21,22)23/h2-11H,12H2,1H3,(H,24,27)(H,25,28). The summed E-state index contributed by atoms with van der Waals surface area (Å²) in [5, 5.41) is 13.0. The molecule has 3 rings (SSSR count). The lowest BCUT2D eigenvalue weighted by atomic mass is 10.1. The van der Waals surface area contributed by atoms with E-state index >= 15 is 0 Å². The fourth-order valence-electron chi connectivity index (χ4n) is 2.57. The highest BCUT2D eigenvalue weighted by atomic mass is 19.4. The van der Waals surface area contributed by atoms with Crippen molar-refractivity contribution >= 4 is 17.4 Å². The highest BCUT2D eigenvalue weighted by Crippen LogP contribution is 2.34. The van der Waals surface area contributed by atoms with Gasteiger partial charge in [0.1, 0.15) is 5.82 Å². The van der Waals surface area contributed by atoms with Gasteiger partial charge in [-0.3, -0.25) is 4.79 Å². The maximum Gasteiger partial charge on any atom is 0.418 e. The summed E-state index contributed by atoms with van der Waals surface area (Å²) in [5.74, 6) is -0.315. The first-order valence-electron chi connectivity index (χ1n) is 8.44. The molecule has 1 aromatic heterocycles. The van der Waals surface area contributed by atoms with Crippen LogP contribution in [0.2, 0.25) is 0 Å². The van der Waals surface area contributed by atoms with Crippen molar-refractivity contribution in [3.63, 3.8) is 0 Å². The number of halogens is 3. The van der Waals surface area contributed by atoms with Crippen molar-refractivity contribution in [2.45, 2.75) is 19.6 Å². The van der Waals surface area contributed by atoms with Gasteiger partial charge in [-0.25, -0.2) is 0 Å². The van der Waals surface area contributed by atoms with Crippen molar-refractivity contribution in [2.24, 2.45) is 0 Å². The lowest BCUT2D eigenvalue weighted by Gasteiger charge is -2.13. The number of nitrogens with zero attached hydrogens (tertiary/aromatic N) is 2. The Labute approximate surface area is 159 Å². The number of alkyl halides is 3. The molecular formula is C20H17F3N4O. The van der Waals surface area contributed by atoms with Crippen LogP contribution in [0, 0.1) is 6.92 Å². The molecule has 28 heavy (non-hydrogen) atoms. The average Bonchev–Trinajstić information content (AvgIpc) is 2.67. The summed E-state index contributed by atoms with van der Waals surface area (Å²) in [6.07, 6.45) is -4.57. The minimum Gasteiger partial charge on any atom is -0.364 e. The lowest BCUT2D eigenvalue weighted by molar-refractivity contribution is -0.136. The van der Waals surface area contributed by atoms with Crippen molar-refractivity contribution in [3.8, 4) is 0 Å². The topological polar surface area (TPSA) is 66.9 Å². The largest absolute Gasteiger partial charge is 0.418 e. The number of para-hydroxylation sites is 1. The van der Waals surface area contributed by atoms with E-state index in [4.69, 9.17) is 0 Å². The van der Waals surface area contributed by atoms with E-state index in [0.29, 0.717) is 12.4 Å². The number of nitrogens with one attached hydrogen (secondary N) is 2. The number of anilines is 2. The van der Waals surface area contributed by atoms with Crippen LogP contribution < -0.4 is 10.6 Å². The second kappa shape index (κ2) is 8.08. The van der Waals surface area contributed by atoms with Gasteiger partial charge in [0.2, 0.25) is 0 Å². The third-order valence-electron chi connectivity index (χ3n) is 4.10. The Morgan fingerprint density at radius 3 is 2.36 bits per heavy atom. The Bertz CT molecular complexity index is 972. The Hall–Kier alpha value is -3.42. The van der Waals surface area contributed by atoms with Crippen LogP contribution in [0.5, 0.6) is 0 Å². The highest BCUT2D eigenvalue weighted by molar-refractivity contribution is 6.03. The SMILES string of the molecule is Cc1ccccc1CNc1ccc(C(=O)Nc2ccccc2C(F)(F)F)nn1. The molecule has 0 unspecified atom stereocenters. The number of amides is 1. The van der Waals surface area contributed by atoms with Crippen LogP contribution in [0.25, 0.3) is 0 Å². The van der Waals surface area contributed by atoms with Crippen LogP contribution in [0.3, 0.4) is 0 Å². The van der Waals surface area contributed by atoms with Crippen LogP contribution in [-0.2, 0) is 12.7 Å². The zero-order chi connectivity index (χ0) is 20.1. The number of carbonyl (C=O) groups is 1. The smallest absolute Gasteiger partial charge is 0.364 e. The average molecular weight is 386 g/mol. The van der Waals surface area contributed by atoms with Crippen LogP contribution in [-0.4, -0.2) is 16.1 Å². The normalized spacial score (nSPS) is 11.1. The molecule has 0 saturated carbocycles. The molecule has 0 spiro atoms. The van der Waals surface area contributed by atoms with E-state index in [1.165, 1.54) is 24.3 Å². The quantitative estimate of drug-likeness (QED) is 0.669. The monoisotopic (exact) mass is 386 g/mol. The number of aryl methyl sites for hydroxylation is 1. The number of hydrogen-bond donors (Lipinski definition) is 2. The first-order valence-corrected chi connectivity index (χ1v) is 8.44. The number of benzene rings is 2. The molecule has 0 saturated heterocycles. The minimum absolute atomic E-state index is 0.0848. The van der Waals surface area contributed by atoms with E-state index in [9.17, 15) is 18.0 Å². The molecule has 8 heteroatoms. The van der Waals surface area contributed by atoms with Crippen LogP contribution in [0.4, 0.5) is 24.7 Å². The summed E-state index contributed by atoms with van der Waals surface area (Å²) >= 11 is 0. The van der Waals surface area contributed by atoms with Gasteiger partial charge >= 0.3 is 6.18 Å². The zero-order valence-electron chi connectivity index (χ0n) is 14.9. The van der Waals surface area contributed by atoms with E-state index in [1.54, 1.807) is 6.07 Å². The van der Waals surface area contributed by atoms with Gasteiger partial charge in [0.25, 0.3) is 5.91 Å². The first kappa shape index (κ1) is 19.3. The van der Waals surface area contributed by atoms with Gasteiger partial charge in [0.05, 0.1) is 11.3 Å². The van der Waals surface area contributed by atoms with Gasteiger partial charge in [-0.05, 0) is 42.3 Å². The summed E-state index contributed by atoms with van der Waals surface area (Å²) in [5.41, 5.74) is 0.881. The molecule has 3 aromatic rings. The zero-order valence-corrected chi connectivity index (χ0v) is 14.9. The van der Waals surface area contributed by atoms with Gasteiger partial charge < -0.3 is 10.6 Å². The van der Waals surface area contributed by atoms with Crippen molar-refractivity contribution in [1.82, 2.24) is 10.2 Å². The highest BCUT2D eigenvalue weighted by Gasteiger charge is 2.33. The summed E-state index contributed by atoms with van der Waals surface area (Å²) < 4.78 is 39.1. The molecular weight excluding hydrogens is 369 g/mol. The number of carbonyl (C=O) groups excluding carboxylic acids is 1. The van der Waals surface area contributed by atoms with Crippen molar-refractivity contribution in [2.75, 3.05) is 10.6 Å². The molecule has 0 aliphatic carbocycles. The second-order valence-corrected chi connectivity index (χ2v) is 6.08. The number of aromatic nitrogens is 2. The summed E-state index contributed by atoms with van der Waals surface area (Å²) in [6.45, 7) is 2.53. The fraction of sp³-hybridized carbons (Fsp3) is 0.150. The van der Waals surface area contributed by atoms with Gasteiger partial charge in [-0.15, -0.1) is 10.2 Å². The molecule has 1 heterocycles. The fourth-order valence-corrected chi connectivity index (χ4v) is 2.57. The third-order valence-corrected chi connectivity index (χ3v) is 4.10. The van der Waals surface area contributed by atoms with Gasteiger partial charge in [-0.1, -0.05) is 36.4 Å². The van der Waals surface area contributed by atoms with Crippen molar-refractivity contribution in [1.29, 1.82) is 0 Å². The molecule has 2 N–H and O–H groups in total. The summed E-state index contributed by atoms with van der Waals surface area (Å²) in [4.78, 5) is 12.2. The van der Waals surface area contributed by atoms with E-state index in [2.05, 4.69) is 20.8 Å². The maximum absolute atomic E-state index is 13.0. The molecule has 144 valence electrons. The van der Waals surface area contributed by atoms with Gasteiger partial charge in [-0.2, -0.15) is 13.2 Å². The number of rotatable bonds is 5. The molecule has 0 aliphatic heterocycles. The first-order chi connectivity index (χ1) is 13.3. The summed E-state index contributed by atoms with van der Waals surface area (Å²) in [6, 6.07) is 15.6. The molecule has 2 aromatic carbocycles. The molecule has 0 atom stereocenters. The second-order valence-electron chi connectivity index (χ2n) is 6.08. The van der Waals surface area contributed by atoms with E-state index in [0.717, 1.165) is 17.2 Å². The Morgan fingerprint density at radius 1 is 0.964 bits per heavy atom. The minimum atomic E-state index is -4.57. The van der Waals surface area contributed by atoms with Crippen molar-refractivity contribution < 1.29 is 18.0 Å². The van der Waals surface area contributed by atoms with Crippen LogP contribution in [0.15, 0.2) is 60.7 Å². The third kappa shape index (κ3) is 4.64. The van der Waals surface area contributed by atoms with Crippen LogP contribution >= 0.6 is 0 Å². The predicted molar refractivity (Wildman–Crippen MR) is 99.9 cm³/mol. The predicted octanol–water partition coefficient (Wildman–Crippen LogP) is 4.67.